The van der Waals surface area contributed by atoms with Crippen molar-refractivity contribution in [3.63, 3.8) is 0 Å². The second-order valence-corrected chi connectivity index (χ2v) is 4.24. The van der Waals surface area contributed by atoms with Gasteiger partial charge in [-0.15, -0.1) is 11.8 Å². The summed E-state index contributed by atoms with van der Waals surface area (Å²) in [5.74, 6) is 1.86. The van der Waals surface area contributed by atoms with Gasteiger partial charge < -0.3 is 9.64 Å². The molecule has 0 N–H and O–H groups in total. The Bertz CT molecular complexity index is 339. The normalized spacial score (nSPS) is 16.8. The van der Waals surface area contributed by atoms with E-state index in [1.807, 2.05) is 19.2 Å². The van der Waals surface area contributed by atoms with Crippen molar-refractivity contribution in [2.45, 2.75) is 11.9 Å². The number of morpholine rings is 1. The van der Waals surface area contributed by atoms with E-state index in [1.165, 1.54) is 0 Å². The highest BCUT2D eigenvalue weighted by atomic mass is 32.2. The Morgan fingerprint density at radius 3 is 2.73 bits per heavy atom. The van der Waals surface area contributed by atoms with Gasteiger partial charge in [-0.05, 0) is 13.2 Å². The number of thioether (sulfide) groups is 1. The van der Waals surface area contributed by atoms with Crippen LogP contribution in [0.5, 0.6) is 0 Å². The summed E-state index contributed by atoms with van der Waals surface area (Å²) in [5.41, 5.74) is 0. The summed E-state index contributed by atoms with van der Waals surface area (Å²) in [5, 5.41) is 1.03. The summed E-state index contributed by atoms with van der Waals surface area (Å²) in [4.78, 5) is 11.0. The third-order valence-electron chi connectivity index (χ3n) is 2.35. The lowest BCUT2D eigenvalue weighted by molar-refractivity contribution is 0.122. The van der Waals surface area contributed by atoms with E-state index in [1.54, 1.807) is 11.8 Å². The molecule has 1 fully saturated rings. The van der Waals surface area contributed by atoms with Crippen LogP contribution in [-0.2, 0) is 4.74 Å². The van der Waals surface area contributed by atoms with Crippen molar-refractivity contribution in [3.05, 3.63) is 11.9 Å². The summed E-state index contributed by atoms with van der Waals surface area (Å²) in [6, 6.07) is 2.04. The Kier molecular flexibility index (Phi) is 3.43. The quantitative estimate of drug-likeness (QED) is 0.561. The Morgan fingerprint density at radius 1 is 1.33 bits per heavy atom. The monoisotopic (exact) mass is 225 g/mol. The van der Waals surface area contributed by atoms with Crippen LogP contribution < -0.4 is 4.90 Å². The molecular formula is C10H15N3OS. The molecule has 0 unspecified atom stereocenters. The first kappa shape index (κ1) is 10.7. The fraction of sp³-hybridized carbons (Fsp3) is 0.600. The van der Waals surface area contributed by atoms with Crippen LogP contribution in [0.2, 0.25) is 0 Å². The van der Waals surface area contributed by atoms with Crippen LogP contribution in [0.25, 0.3) is 0 Å². The van der Waals surface area contributed by atoms with Crippen molar-refractivity contribution in [1.29, 1.82) is 0 Å². The SMILES string of the molecule is CSc1cc(N2CCOCC2)nc(C)n1. The molecule has 5 heteroatoms. The maximum Gasteiger partial charge on any atom is 0.133 e. The third-order valence-corrected chi connectivity index (χ3v) is 2.97. The first-order valence-corrected chi connectivity index (χ1v) is 6.24. The largest absolute Gasteiger partial charge is 0.378 e. The molecule has 0 saturated carbocycles. The fourth-order valence-electron chi connectivity index (χ4n) is 1.58. The van der Waals surface area contributed by atoms with Crippen LogP contribution in [0.4, 0.5) is 5.82 Å². The molecule has 0 atom stereocenters. The van der Waals surface area contributed by atoms with Gasteiger partial charge in [0.15, 0.2) is 0 Å². The lowest BCUT2D eigenvalue weighted by Gasteiger charge is -2.28. The zero-order valence-corrected chi connectivity index (χ0v) is 9.88. The predicted molar refractivity (Wildman–Crippen MR) is 61.6 cm³/mol. The number of nitrogens with zero attached hydrogens (tertiary/aromatic N) is 3. The van der Waals surface area contributed by atoms with Gasteiger partial charge in [0.25, 0.3) is 0 Å². The van der Waals surface area contributed by atoms with E-state index < -0.39 is 0 Å². The van der Waals surface area contributed by atoms with Gasteiger partial charge >= 0.3 is 0 Å². The standard InChI is InChI=1S/C10H15N3OS/c1-8-11-9(7-10(12-8)15-2)13-3-5-14-6-4-13/h7H,3-6H2,1-2H3. The van der Waals surface area contributed by atoms with Gasteiger partial charge in [0, 0.05) is 19.2 Å². The highest BCUT2D eigenvalue weighted by molar-refractivity contribution is 7.98. The first-order chi connectivity index (χ1) is 7.29. The molecule has 15 heavy (non-hydrogen) atoms. The van der Waals surface area contributed by atoms with E-state index in [4.69, 9.17) is 4.74 Å². The van der Waals surface area contributed by atoms with E-state index in [-0.39, 0.29) is 0 Å². The van der Waals surface area contributed by atoms with Crippen molar-refractivity contribution in [3.8, 4) is 0 Å². The molecule has 1 aliphatic heterocycles. The number of anilines is 1. The van der Waals surface area contributed by atoms with Gasteiger partial charge in [-0.3, -0.25) is 0 Å². The molecular weight excluding hydrogens is 210 g/mol. The highest BCUT2D eigenvalue weighted by Gasteiger charge is 2.13. The molecule has 4 nitrogen and oxygen atoms in total. The third kappa shape index (κ3) is 2.60. The summed E-state index contributed by atoms with van der Waals surface area (Å²) < 4.78 is 5.32. The predicted octanol–water partition coefficient (Wildman–Crippen LogP) is 1.34. The van der Waals surface area contributed by atoms with E-state index in [9.17, 15) is 0 Å². The Hall–Kier alpha value is -0.810. The number of hydrogen-bond acceptors (Lipinski definition) is 5. The van der Waals surface area contributed by atoms with Crippen molar-refractivity contribution < 1.29 is 4.74 Å². The van der Waals surface area contributed by atoms with E-state index in [0.29, 0.717) is 0 Å². The maximum absolute atomic E-state index is 5.32. The lowest BCUT2D eigenvalue weighted by Crippen LogP contribution is -2.36. The van der Waals surface area contributed by atoms with Crippen LogP contribution in [-0.4, -0.2) is 42.5 Å². The number of hydrogen-bond donors (Lipinski definition) is 0. The van der Waals surface area contributed by atoms with Gasteiger partial charge in [0.1, 0.15) is 16.7 Å². The smallest absolute Gasteiger partial charge is 0.133 e. The molecule has 1 aromatic rings. The van der Waals surface area contributed by atoms with Gasteiger partial charge in [-0.2, -0.15) is 0 Å². The first-order valence-electron chi connectivity index (χ1n) is 5.02. The number of rotatable bonds is 2. The maximum atomic E-state index is 5.32. The summed E-state index contributed by atoms with van der Waals surface area (Å²) in [6.45, 7) is 5.35. The molecule has 0 aliphatic carbocycles. The number of aromatic nitrogens is 2. The second kappa shape index (κ2) is 4.81. The zero-order chi connectivity index (χ0) is 10.7. The Morgan fingerprint density at radius 2 is 2.07 bits per heavy atom. The topological polar surface area (TPSA) is 38.2 Å². The molecule has 0 aromatic carbocycles. The number of aryl methyl sites for hydroxylation is 1. The number of ether oxygens (including phenoxy) is 1. The van der Waals surface area contributed by atoms with Crippen molar-refractivity contribution in [2.24, 2.45) is 0 Å². The minimum Gasteiger partial charge on any atom is -0.378 e. The molecule has 82 valence electrons. The van der Waals surface area contributed by atoms with E-state index in [0.717, 1.165) is 43.0 Å². The Labute approximate surface area is 94.1 Å². The van der Waals surface area contributed by atoms with Crippen molar-refractivity contribution in [2.75, 3.05) is 37.5 Å². The van der Waals surface area contributed by atoms with Crippen LogP contribution >= 0.6 is 11.8 Å². The molecule has 1 aromatic heterocycles. The minimum atomic E-state index is 0.789. The molecule has 0 radical (unpaired) electrons. The average molecular weight is 225 g/mol. The molecule has 0 spiro atoms. The van der Waals surface area contributed by atoms with E-state index >= 15 is 0 Å². The minimum absolute atomic E-state index is 0.789. The molecule has 2 heterocycles. The van der Waals surface area contributed by atoms with Crippen LogP contribution in [0.15, 0.2) is 11.1 Å². The highest BCUT2D eigenvalue weighted by Crippen LogP contribution is 2.19. The van der Waals surface area contributed by atoms with Crippen LogP contribution in [0.3, 0.4) is 0 Å². The molecule has 2 rings (SSSR count). The van der Waals surface area contributed by atoms with Crippen molar-refractivity contribution >= 4 is 17.6 Å². The molecule has 1 aliphatic rings. The van der Waals surface area contributed by atoms with Gasteiger partial charge in [-0.25, -0.2) is 9.97 Å². The summed E-state index contributed by atoms with van der Waals surface area (Å²) in [7, 11) is 0. The van der Waals surface area contributed by atoms with Crippen LogP contribution in [0, 0.1) is 6.92 Å². The summed E-state index contributed by atoms with van der Waals surface area (Å²) in [6.07, 6.45) is 2.03. The van der Waals surface area contributed by atoms with Crippen LogP contribution in [0.1, 0.15) is 5.82 Å². The average Bonchev–Trinajstić information content (AvgIpc) is 2.29. The molecule has 0 bridgehead atoms. The van der Waals surface area contributed by atoms with E-state index in [2.05, 4.69) is 14.9 Å². The zero-order valence-electron chi connectivity index (χ0n) is 9.06. The second-order valence-electron chi connectivity index (χ2n) is 3.42. The van der Waals surface area contributed by atoms with Gasteiger partial charge in [-0.1, -0.05) is 0 Å². The van der Waals surface area contributed by atoms with Crippen molar-refractivity contribution in [1.82, 2.24) is 9.97 Å². The summed E-state index contributed by atoms with van der Waals surface area (Å²) >= 11 is 1.65. The van der Waals surface area contributed by atoms with Gasteiger partial charge in [0.05, 0.1) is 13.2 Å². The molecule has 0 amide bonds. The molecule has 1 saturated heterocycles. The Balaban J connectivity index is 2.22. The lowest BCUT2D eigenvalue weighted by atomic mass is 10.4. The van der Waals surface area contributed by atoms with Gasteiger partial charge in [0.2, 0.25) is 0 Å². The fourth-order valence-corrected chi connectivity index (χ4v) is 2.03.